The molecule has 0 aliphatic carbocycles. The normalized spacial score (nSPS) is 10.3. The summed E-state index contributed by atoms with van der Waals surface area (Å²) < 4.78 is 5.44. The fraction of sp³-hybridized carbons (Fsp3) is 0.200. The summed E-state index contributed by atoms with van der Waals surface area (Å²) in [7, 11) is 0. The van der Waals surface area contributed by atoms with Crippen molar-refractivity contribution in [1.29, 1.82) is 0 Å². The number of H-pyrrole nitrogens is 1. The number of aromatic amines is 1. The fourth-order valence-electron chi connectivity index (χ4n) is 1.14. The molecule has 1 aromatic carbocycles. The van der Waals surface area contributed by atoms with Crippen LogP contribution in [0.5, 0.6) is 0 Å². The summed E-state index contributed by atoms with van der Waals surface area (Å²) in [4.78, 5) is 0. The Morgan fingerprint density at radius 1 is 1.14 bits per heavy atom. The number of hydrogen-bond acceptors (Lipinski definition) is 3. The number of nitrogens with zero attached hydrogens (tertiary/aromatic N) is 2. The van der Waals surface area contributed by atoms with Gasteiger partial charge in [-0.1, -0.05) is 30.3 Å². The summed E-state index contributed by atoms with van der Waals surface area (Å²) in [6.07, 6.45) is 1.66. The highest BCUT2D eigenvalue weighted by molar-refractivity contribution is 5.13. The Kier molecular flexibility index (Phi) is 2.88. The lowest BCUT2D eigenvalue weighted by Gasteiger charge is -2.00. The van der Waals surface area contributed by atoms with Gasteiger partial charge in [0.2, 0.25) is 0 Å². The van der Waals surface area contributed by atoms with Crippen LogP contribution in [0.25, 0.3) is 0 Å². The van der Waals surface area contributed by atoms with E-state index in [-0.39, 0.29) is 0 Å². The average Bonchev–Trinajstić information content (AvgIpc) is 2.72. The van der Waals surface area contributed by atoms with Crippen molar-refractivity contribution in [1.82, 2.24) is 15.4 Å². The highest BCUT2D eigenvalue weighted by atomic mass is 16.5. The minimum Gasteiger partial charge on any atom is -0.370 e. The van der Waals surface area contributed by atoms with Crippen LogP contribution in [0.4, 0.5) is 0 Å². The zero-order valence-corrected chi connectivity index (χ0v) is 7.68. The molecule has 0 saturated carbocycles. The number of aromatic nitrogens is 3. The minimum absolute atomic E-state index is 0.491. The van der Waals surface area contributed by atoms with Crippen molar-refractivity contribution in [3.8, 4) is 0 Å². The van der Waals surface area contributed by atoms with Crippen molar-refractivity contribution in [2.45, 2.75) is 13.2 Å². The molecule has 0 saturated heterocycles. The van der Waals surface area contributed by atoms with E-state index in [1.54, 1.807) is 6.20 Å². The first kappa shape index (κ1) is 8.90. The third-order valence-electron chi connectivity index (χ3n) is 1.83. The molecule has 0 spiro atoms. The Hall–Kier alpha value is -1.68. The standard InChI is InChI=1S/C10H11N3O/c1-2-4-9(5-3-1)7-14-8-10-6-11-13-12-10/h1-6H,7-8H2,(H,11,12,13). The van der Waals surface area contributed by atoms with Gasteiger partial charge < -0.3 is 4.74 Å². The summed E-state index contributed by atoms with van der Waals surface area (Å²) in [5, 5.41) is 10.1. The van der Waals surface area contributed by atoms with E-state index < -0.39 is 0 Å². The van der Waals surface area contributed by atoms with Gasteiger partial charge in [0, 0.05) is 0 Å². The molecule has 0 aliphatic heterocycles. The molecule has 2 rings (SSSR count). The van der Waals surface area contributed by atoms with Crippen molar-refractivity contribution in [2.24, 2.45) is 0 Å². The van der Waals surface area contributed by atoms with Crippen molar-refractivity contribution in [2.75, 3.05) is 0 Å². The van der Waals surface area contributed by atoms with Crippen molar-refractivity contribution < 1.29 is 4.74 Å². The number of hydrogen-bond donors (Lipinski definition) is 1. The first-order valence-corrected chi connectivity index (χ1v) is 4.41. The lowest BCUT2D eigenvalue weighted by atomic mass is 10.2. The van der Waals surface area contributed by atoms with Crippen LogP contribution < -0.4 is 0 Å². The molecule has 4 heteroatoms. The SMILES string of the molecule is c1ccc(COCc2cn[nH]n2)cc1. The maximum absolute atomic E-state index is 5.44. The van der Waals surface area contributed by atoms with Crippen LogP contribution in [-0.4, -0.2) is 15.4 Å². The first-order valence-electron chi connectivity index (χ1n) is 4.41. The summed E-state index contributed by atoms with van der Waals surface area (Å²) >= 11 is 0. The second kappa shape index (κ2) is 4.53. The summed E-state index contributed by atoms with van der Waals surface area (Å²) in [6.45, 7) is 1.10. The predicted molar refractivity (Wildman–Crippen MR) is 51.3 cm³/mol. The highest BCUT2D eigenvalue weighted by Gasteiger charge is 1.96. The van der Waals surface area contributed by atoms with Gasteiger partial charge in [0.25, 0.3) is 0 Å². The van der Waals surface area contributed by atoms with E-state index in [1.165, 1.54) is 0 Å². The van der Waals surface area contributed by atoms with E-state index in [2.05, 4.69) is 15.4 Å². The molecule has 0 bridgehead atoms. The highest BCUT2D eigenvalue weighted by Crippen LogP contribution is 2.02. The molecule has 14 heavy (non-hydrogen) atoms. The van der Waals surface area contributed by atoms with Crippen molar-refractivity contribution >= 4 is 0 Å². The van der Waals surface area contributed by atoms with Gasteiger partial charge in [-0.3, -0.25) is 0 Å². The van der Waals surface area contributed by atoms with Crippen molar-refractivity contribution in [3.05, 3.63) is 47.8 Å². The van der Waals surface area contributed by atoms with Crippen LogP contribution in [-0.2, 0) is 18.0 Å². The maximum atomic E-state index is 5.44. The van der Waals surface area contributed by atoms with Gasteiger partial charge in [-0.05, 0) is 5.56 Å². The van der Waals surface area contributed by atoms with E-state index >= 15 is 0 Å². The largest absolute Gasteiger partial charge is 0.370 e. The molecular weight excluding hydrogens is 178 g/mol. The number of rotatable bonds is 4. The summed E-state index contributed by atoms with van der Waals surface area (Å²) in [5.74, 6) is 0. The van der Waals surface area contributed by atoms with Gasteiger partial charge in [-0.2, -0.15) is 15.4 Å². The number of nitrogens with one attached hydrogen (secondary N) is 1. The molecule has 0 radical (unpaired) electrons. The molecule has 0 aliphatic rings. The topological polar surface area (TPSA) is 50.8 Å². The third kappa shape index (κ3) is 2.40. The zero-order chi connectivity index (χ0) is 9.64. The molecule has 1 heterocycles. The van der Waals surface area contributed by atoms with Crippen LogP contribution in [0.1, 0.15) is 11.3 Å². The van der Waals surface area contributed by atoms with Gasteiger partial charge in [0.1, 0.15) is 5.69 Å². The van der Waals surface area contributed by atoms with E-state index in [0.29, 0.717) is 13.2 Å². The monoisotopic (exact) mass is 189 g/mol. The molecule has 0 amide bonds. The lowest BCUT2D eigenvalue weighted by molar-refractivity contribution is 0.104. The number of benzene rings is 1. The Labute approximate surface area is 81.9 Å². The maximum Gasteiger partial charge on any atom is 0.108 e. The molecular formula is C10H11N3O. The smallest absolute Gasteiger partial charge is 0.108 e. The Morgan fingerprint density at radius 2 is 2.00 bits per heavy atom. The van der Waals surface area contributed by atoms with Gasteiger partial charge in [0.05, 0.1) is 19.4 Å². The average molecular weight is 189 g/mol. The zero-order valence-electron chi connectivity index (χ0n) is 7.68. The Balaban J connectivity index is 1.79. The van der Waals surface area contributed by atoms with Crippen molar-refractivity contribution in [3.63, 3.8) is 0 Å². The van der Waals surface area contributed by atoms with Crippen LogP contribution in [0.15, 0.2) is 36.5 Å². The van der Waals surface area contributed by atoms with E-state index in [4.69, 9.17) is 4.74 Å². The van der Waals surface area contributed by atoms with Gasteiger partial charge >= 0.3 is 0 Å². The molecule has 0 atom stereocenters. The fourth-order valence-corrected chi connectivity index (χ4v) is 1.14. The van der Waals surface area contributed by atoms with Gasteiger partial charge in [0.15, 0.2) is 0 Å². The van der Waals surface area contributed by atoms with Crippen LogP contribution in [0.3, 0.4) is 0 Å². The Bertz CT molecular complexity index is 358. The molecule has 4 nitrogen and oxygen atoms in total. The van der Waals surface area contributed by atoms with Crippen LogP contribution in [0, 0.1) is 0 Å². The van der Waals surface area contributed by atoms with E-state index in [0.717, 1.165) is 11.3 Å². The van der Waals surface area contributed by atoms with E-state index in [1.807, 2.05) is 30.3 Å². The molecule has 2 aromatic rings. The molecule has 1 aromatic heterocycles. The van der Waals surface area contributed by atoms with Gasteiger partial charge in [-0.25, -0.2) is 0 Å². The van der Waals surface area contributed by atoms with E-state index in [9.17, 15) is 0 Å². The minimum atomic E-state index is 0.491. The molecule has 0 unspecified atom stereocenters. The van der Waals surface area contributed by atoms with Crippen LogP contribution in [0.2, 0.25) is 0 Å². The first-order chi connectivity index (χ1) is 6.95. The predicted octanol–water partition coefficient (Wildman–Crippen LogP) is 1.52. The number of ether oxygens (including phenoxy) is 1. The quantitative estimate of drug-likeness (QED) is 0.793. The third-order valence-corrected chi connectivity index (χ3v) is 1.83. The van der Waals surface area contributed by atoms with Gasteiger partial charge in [-0.15, -0.1) is 0 Å². The molecule has 1 N–H and O–H groups in total. The second-order valence-corrected chi connectivity index (χ2v) is 2.94. The Morgan fingerprint density at radius 3 is 2.71 bits per heavy atom. The molecule has 72 valence electrons. The van der Waals surface area contributed by atoms with Crippen LogP contribution >= 0.6 is 0 Å². The summed E-state index contributed by atoms with van der Waals surface area (Å²) in [6, 6.07) is 10.0. The lowest BCUT2D eigenvalue weighted by Crippen LogP contribution is -1.94. The summed E-state index contributed by atoms with van der Waals surface area (Å²) in [5.41, 5.74) is 1.98. The molecule has 0 fully saturated rings. The second-order valence-electron chi connectivity index (χ2n) is 2.94.